The molecule has 3 heterocycles. The van der Waals surface area contributed by atoms with Crippen LogP contribution in [0.5, 0.6) is 0 Å². The van der Waals surface area contributed by atoms with Gasteiger partial charge in [-0.3, -0.25) is 4.79 Å². The Labute approximate surface area is 124 Å². The highest BCUT2D eigenvalue weighted by Crippen LogP contribution is 2.28. The Kier molecular flexibility index (Phi) is 4.24. The van der Waals surface area contributed by atoms with Gasteiger partial charge in [-0.1, -0.05) is 19.0 Å². The number of rotatable bonds is 3. The Balaban J connectivity index is 1.65. The van der Waals surface area contributed by atoms with Crippen LogP contribution in [-0.4, -0.2) is 47.3 Å². The van der Waals surface area contributed by atoms with Gasteiger partial charge in [-0.15, -0.1) is 0 Å². The van der Waals surface area contributed by atoms with E-state index in [1.807, 2.05) is 18.7 Å². The fourth-order valence-electron chi connectivity index (χ4n) is 3.02. The summed E-state index contributed by atoms with van der Waals surface area (Å²) in [5.74, 6) is 2.13. The largest absolute Gasteiger partial charge is 0.381 e. The molecule has 116 valence electrons. The molecule has 2 aliphatic rings. The van der Waals surface area contributed by atoms with Gasteiger partial charge in [0.15, 0.2) is 5.82 Å². The van der Waals surface area contributed by atoms with E-state index in [1.54, 1.807) is 0 Å². The van der Waals surface area contributed by atoms with Crippen molar-refractivity contribution in [2.45, 2.75) is 44.9 Å². The molecule has 21 heavy (non-hydrogen) atoms. The van der Waals surface area contributed by atoms with E-state index in [1.165, 1.54) is 0 Å². The van der Waals surface area contributed by atoms with Gasteiger partial charge in [0, 0.05) is 31.5 Å². The number of hydrogen-bond donors (Lipinski definition) is 0. The summed E-state index contributed by atoms with van der Waals surface area (Å²) in [7, 11) is 0. The van der Waals surface area contributed by atoms with Crippen LogP contribution in [0.2, 0.25) is 0 Å². The summed E-state index contributed by atoms with van der Waals surface area (Å²) in [5.41, 5.74) is 0. The molecule has 2 fully saturated rings. The zero-order valence-electron chi connectivity index (χ0n) is 12.7. The van der Waals surface area contributed by atoms with Crippen molar-refractivity contribution in [3.63, 3.8) is 0 Å². The van der Waals surface area contributed by atoms with Crippen LogP contribution in [0.15, 0.2) is 4.52 Å². The third-order valence-electron chi connectivity index (χ3n) is 4.33. The van der Waals surface area contributed by atoms with Gasteiger partial charge < -0.3 is 14.2 Å². The molecule has 2 atom stereocenters. The number of ether oxygens (including phenoxy) is 1. The van der Waals surface area contributed by atoms with E-state index in [9.17, 15) is 4.79 Å². The van der Waals surface area contributed by atoms with E-state index in [0.29, 0.717) is 25.6 Å². The van der Waals surface area contributed by atoms with E-state index in [4.69, 9.17) is 9.26 Å². The first-order valence-corrected chi connectivity index (χ1v) is 7.85. The number of hydrogen-bond acceptors (Lipinski definition) is 5. The summed E-state index contributed by atoms with van der Waals surface area (Å²) in [6.07, 6.45) is 2.86. The summed E-state index contributed by atoms with van der Waals surface area (Å²) in [6, 6.07) is 0. The van der Waals surface area contributed by atoms with Crippen LogP contribution >= 0.6 is 0 Å². The maximum Gasteiger partial charge on any atom is 0.229 e. The van der Waals surface area contributed by atoms with Gasteiger partial charge in [0.25, 0.3) is 0 Å². The van der Waals surface area contributed by atoms with Crippen molar-refractivity contribution in [2.24, 2.45) is 5.92 Å². The smallest absolute Gasteiger partial charge is 0.229 e. The molecule has 3 rings (SSSR count). The lowest BCUT2D eigenvalue weighted by Crippen LogP contribution is -2.42. The molecule has 0 aromatic carbocycles. The first-order chi connectivity index (χ1) is 10.1. The minimum Gasteiger partial charge on any atom is -0.381 e. The number of nitrogens with zero attached hydrogens (tertiary/aromatic N) is 3. The molecule has 0 N–H and O–H groups in total. The molecule has 2 saturated heterocycles. The van der Waals surface area contributed by atoms with Crippen LogP contribution in [0.25, 0.3) is 0 Å². The normalized spacial score (nSPS) is 26.5. The average Bonchev–Trinajstić information content (AvgIpc) is 3.18. The predicted octanol–water partition coefficient (Wildman–Crippen LogP) is 1.94. The fourth-order valence-corrected chi connectivity index (χ4v) is 3.02. The van der Waals surface area contributed by atoms with E-state index in [2.05, 4.69) is 10.1 Å². The third kappa shape index (κ3) is 3.10. The minimum atomic E-state index is 0.0419. The SMILES string of the molecule is CC(C)c1nc([C@@H]2CCCN(C(=O)[C@@H]3CCOC3)C2)no1. The highest BCUT2D eigenvalue weighted by Gasteiger charge is 2.33. The van der Waals surface area contributed by atoms with E-state index in [0.717, 1.165) is 31.6 Å². The second-order valence-corrected chi connectivity index (χ2v) is 6.33. The standard InChI is InChI=1S/C15H23N3O3/c1-10(2)14-16-13(17-21-14)11-4-3-6-18(8-11)15(19)12-5-7-20-9-12/h10-12H,3-9H2,1-2H3/t11-,12-/m1/s1. The second-order valence-electron chi connectivity index (χ2n) is 6.33. The van der Waals surface area contributed by atoms with Crippen molar-refractivity contribution in [1.29, 1.82) is 0 Å². The van der Waals surface area contributed by atoms with Gasteiger partial charge in [0.05, 0.1) is 12.5 Å². The van der Waals surface area contributed by atoms with Crippen molar-refractivity contribution < 1.29 is 14.1 Å². The quantitative estimate of drug-likeness (QED) is 0.852. The van der Waals surface area contributed by atoms with Crippen molar-refractivity contribution in [3.05, 3.63) is 11.7 Å². The molecule has 6 nitrogen and oxygen atoms in total. The van der Waals surface area contributed by atoms with Crippen LogP contribution in [0.4, 0.5) is 0 Å². The van der Waals surface area contributed by atoms with E-state index in [-0.39, 0.29) is 23.7 Å². The lowest BCUT2D eigenvalue weighted by Gasteiger charge is -2.32. The lowest BCUT2D eigenvalue weighted by atomic mass is 9.95. The van der Waals surface area contributed by atoms with Crippen LogP contribution in [0.3, 0.4) is 0 Å². The maximum absolute atomic E-state index is 12.5. The highest BCUT2D eigenvalue weighted by molar-refractivity contribution is 5.79. The van der Waals surface area contributed by atoms with Crippen LogP contribution in [0.1, 0.15) is 56.7 Å². The topological polar surface area (TPSA) is 68.5 Å². The number of aromatic nitrogens is 2. The Morgan fingerprint density at radius 1 is 1.38 bits per heavy atom. The molecule has 0 bridgehead atoms. The monoisotopic (exact) mass is 293 g/mol. The molecule has 1 aromatic heterocycles. The summed E-state index contributed by atoms with van der Waals surface area (Å²) >= 11 is 0. The van der Waals surface area contributed by atoms with Gasteiger partial charge in [-0.25, -0.2) is 0 Å². The summed E-state index contributed by atoms with van der Waals surface area (Å²) in [4.78, 5) is 18.9. The van der Waals surface area contributed by atoms with Gasteiger partial charge in [-0.2, -0.15) is 4.98 Å². The van der Waals surface area contributed by atoms with Crippen LogP contribution in [0, 0.1) is 5.92 Å². The van der Waals surface area contributed by atoms with Crippen LogP contribution in [-0.2, 0) is 9.53 Å². The fraction of sp³-hybridized carbons (Fsp3) is 0.800. The molecule has 2 aliphatic heterocycles. The Hall–Kier alpha value is -1.43. The predicted molar refractivity (Wildman–Crippen MR) is 75.9 cm³/mol. The third-order valence-corrected chi connectivity index (χ3v) is 4.33. The van der Waals surface area contributed by atoms with Gasteiger partial charge in [0.1, 0.15) is 0 Å². The maximum atomic E-state index is 12.5. The molecular formula is C15H23N3O3. The number of carbonyl (C=O) groups excluding carboxylic acids is 1. The van der Waals surface area contributed by atoms with Gasteiger partial charge in [0.2, 0.25) is 11.8 Å². The number of carbonyl (C=O) groups is 1. The van der Waals surface area contributed by atoms with Crippen molar-refractivity contribution in [2.75, 3.05) is 26.3 Å². The first kappa shape index (κ1) is 14.5. The zero-order valence-corrected chi connectivity index (χ0v) is 12.7. The molecule has 0 spiro atoms. The molecule has 0 saturated carbocycles. The molecule has 0 unspecified atom stereocenters. The van der Waals surface area contributed by atoms with Gasteiger partial charge >= 0.3 is 0 Å². The van der Waals surface area contributed by atoms with Gasteiger partial charge in [-0.05, 0) is 19.3 Å². The van der Waals surface area contributed by atoms with E-state index < -0.39 is 0 Å². The van der Waals surface area contributed by atoms with E-state index >= 15 is 0 Å². The number of amides is 1. The highest BCUT2D eigenvalue weighted by atomic mass is 16.5. The summed E-state index contributed by atoms with van der Waals surface area (Å²) in [6.45, 7) is 6.88. The van der Waals surface area contributed by atoms with Crippen molar-refractivity contribution >= 4 is 5.91 Å². The Morgan fingerprint density at radius 3 is 2.90 bits per heavy atom. The molecule has 6 heteroatoms. The summed E-state index contributed by atoms with van der Waals surface area (Å²) in [5, 5.41) is 4.10. The molecule has 0 aliphatic carbocycles. The van der Waals surface area contributed by atoms with Crippen molar-refractivity contribution in [3.8, 4) is 0 Å². The second kappa shape index (κ2) is 6.13. The number of likely N-dealkylation sites (tertiary alicyclic amines) is 1. The summed E-state index contributed by atoms with van der Waals surface area (Å²) < 4.78 is 10.6. The Bertz CT molecular complexity index is 494. The van der Waals surface area contributed by atoms with Crippen LogP contribution < -0.4 is 0 Å². The minimum absolute atomic E-state index is 0.0419. The molecule has 0 radical (unpaired) electrons. The van der Waals surface area contributed by atoms with Crippen molar-refractivity contribution in [1.82, 2.24) is 15.0 Å². The zero-order chi connectivity index (χ0) is 14.8. The lowest BCUT2D eigenvalue weighted by molar-refractivity contribution is -0.136. The Morgan fingerprint density at radius 2 is 2.24 bits per heavy atom. The average molecular weight is 293 g/mol. The molecular weight excluding hydrogens is 270 g/mol. The molecule has 1 aromatic rings. The number of piperidine rings is 1. The molecule has 1 amide bonds. The first-order valence-electron chi connectivity index (χ1n) is 7.85.